The Balaban J connectivity index is 1.95. The van der Waals surface area contributed by atoms with E-state index in [-0.39, 0.29) is 27.9 Å². The Morgan fingerprint density at radius 1 is 1.39 bits per heavy atom. The molecule has 0 saturated carbocycles. The summed E-state index contributed by atoms with van der Waals surface area (Å²) < 4.78 is 6.52. The van der Waals surface area contributed by atoms with Gasteiger partial charge in [0, 0.05) is 23.9 Å². The molecule has 0 unspecified atom stereocenters. The molecule has 2 heterocycles. The van der Waals surface area contributed by atoms with E-state index in [1.54, 1.807) is 6.92 Å². The molecule has 0 radical (unpaired) electrons. The van der Waals surface area contributed by atoms with Crippen LogP contribution in [0, 0.1) is 17.0 Å². The van der Waals surface area contributed by atoms with Crippen LogP contribution in [0.5, 0.6) is 5.88 Å². The lowest BCUT2D eigenvalue weighted by Gasteiger charge is -2.07. The fourth-order valence-electron chi connectivity index (χ4n) is 1.90. The van der Waals surface area contributed by atoms with Gasteiger partial charge in [0.25, 0.3) is 11.5 Å². The smallest absolute Gasteiger partial charge is 0.346 e. The largest absolute Gasteiger partial charge is 0.404 e. The number of benzene rings is 1. The molecule has 0 aliphatic carbocycles. The van der Waals surface area contributed by atoms with Crippen molar-refractivity contribution < 1.29 is 14.5 Å². The number of nitro groups is 1. The summed E-state index contributed by atoms with van der Waals surface area (Å²) in [5.41, 5.74) is 0.369. The number of hydrogen-bond donors (Lipinski definition) is 0. The highest BCUT2D eigenvalue weighted by atomic mass is 35.5. The second-order valence-electron chi connectivity index (χ2n) is 4.52. The van der Waals surface area contributed by atoms with Crippen LogP contribution in [0.25, 0.3) is 5.78 Å². The zero-order valence-electron chi connectivity index (χ0n) is 11.6. The van der Waals surface area contributed by atoms with E-state index in [1.165, 1.54) is 29.0 Å². The van der Waals surface area contributed by atoms with E-state index in [0.717, 1.165) is 6.07 Å². The molecule has 9 nitrogen and oxygen atoms in total. The molecule has 23 heavy (non-hydrogen) atoms. The van der Waals surface area contributed by atoms with E-state index in [2.05, 4.69) is 15.1 Å². The highest BCUT2D eigenvalue weighted by molar-refractivity contribution is 6.33. The van der Waals surface area contributed by atoms with Gasteiger partial charge < -0.3 is 4.74 Å². The second-order valence-corrected chi connectivity index (χ2v) is 4.93. The lowest BCUT2D eigenvalue weighted by Crippen LogP contribution is -2.12. The summed E-state index contributed by atoms with van der Waals surface area (Å²) >= 11 is 5.91. The maximum absolute atomic E-state index is 12.2. The molecule has 0 bridgehead atoms. The molecule has 0 spiro atoms. The minimum atomic E-state index is -0.771. The van der Waals surface area contributed by atoms with Gasteiger partial charge in [-0.15, -0.1) is 0 Å². The molecule has 0 fully saturated rings. The van der Waals surface area contributed by atoms with Gasteiger partial charge in [-0.25, -0.2) is 9.78 Å². The molecule has 3 rings (SSSR count). The zero-order chi connectivity index (χ0) is 16.6. The lowest BCUT2D eigenvalue weighted by molar-refractivity contribution is -0.384. The summed E-state index contributed by atoms with van der Waals surface area (Å²) in [7, 11) is 0. The topological polar surface area (TPSA) is 113 Å². The maximum Gasteiger partial charge on any atom is 0.346 e. The van der Waals surface area contributed by atoms with Crippen molar-refractivity contribution in [2.75, 3.05) is 0 Å². The number of esters is 1. The summed E-state index contributed by atoms with van der Waals surface area (Å²) in [5, 5.41) is 14.5. The summed E-state index contributed by atoms with van der Waals surface area (Å²) in [6.45, 7) is 1.71. The summed E-state index contributed by atoms with van der Waals surface area (Å²) in [5.74, 6) is -0.376. The number of rotatable bonds is 3. The number of carbonyl (C=O) groups excluding carboxylic acids is 1. The van der Waals surface area contributed by atoms with Crippen molar-refractivity contribution >= 4 is 29.0 Å². The quantitative estimate of drug-likeness (QED) is 0.410. The predicted molar refractivity (Wildman–Crippen MR) is 78.6 cm³/mol. The maximum atomic E-state index is 12.2. The predicted octanol–water partition coefficient (Wildman–Crippen LogP) is 2.21. The van der Waals surface area contributed by atoms with Gasteiger partial charge in [0.2, 0.25) is 5.88 Å². The van der Waals surface area contributed by atoms with Crippen molar-refractivity contribution in [1.82, 2.24) is 19.6 Å². The van der Waals surface area contributed by atoms with E-state index in [0.29, 0.717) is 5.69 Å². The van der Waals surface area contributed by atoms with Crippen LogP contribution in [0.2, 0.25) is 5.02 Å². The average molecular weight is 334 g/mol. The number of hydrogen-bond acceptors (Lipinski definition) is 7. The molecular weight excluding hydrogens is 326 g/mol. The average Bonchev–Trinajstić information content (AvgIpc) is 2.95. The van der Waals surface area contributed by atoms with Crippen molar-refractivity contribution in [1.29, 1.82) is 0 Å². The Morgan fingerprint density at radius 2 is 2.17 bits per heavy atom. The third-order valence-corrected chi connectivity index (χ3v) is 3.24. The number of ether oxygens (including phenoxy) is 1. The molecule has 116 valence electrons. The fourth-order valence-corrected chi connectivity index (χ4v) is 2.15. The van der Waals surface area contributed by atoms with Crippen molar-refractivity contribution in [3.05, 3.63) is 57.0 Å². The van der Waals surface area contributed by atoms with Crippen LogP contribution in [-0.4, -0.2) is 30.5 Å². The third-order valence-electron chi connectivity index (χ3n) is 2.93. The van der Waals surface area contributed by atoms with Gasteiger partial charge in [0.1, 0.15) is 6.33 Å². The minimum Gasteiger partial charge on any atom is -0.404 e. The van der Waals surface area contributed by atoms with E-state index in [9.17, 15) is 14.9 Å². The summed E-state index contributed by atoms with van der Waals surface area (Å²) in [4.78, 5) is 30.4. The molecular formula is C13H8ClN5O4. The standard InChI is InChI=1S/C13H8ClN5O4/c1-7-4-11(18-13(17-7)15-6-16-18)23-12(20)9-3-2-8(19(21)22)5-10(9)14/h2-6H,1H3. The number of carbonyl (C=O) groups is 1. The Labute approximate surface area is 133 Å². The van der Waals surface area contributed by atoms with Crippen LogP contribution in [0.3, 0.4) is 0 Å². The van der Waals surface area contributed by atoms with Crippen molar-refractivity contribution in [2.24, 2.45) is 0 Å². The number of halogens is 1. The summed E-state index contributed by atoms with van der Waals surface area (Å²) in [6.07, 6.45) is 1.28. The SMILES string of the molecule is Cc1cc(OC(=O)c2ccc([N+](=O)[O-])cc2Cl)n2ncnc2n1. The highest BCUT2D eigenvalue weighted by Crippen LogP contribution is 2.24. The normalized spacial score (nSPS) is 10.7. The molecule has 0 aliphatic heterocycles. The molecule has 2 aromatic heterocycles. The lowest BCUT2D eigenvalue weighted by atomic mass is 10.2. The van der Waals surface area contributed by atoms with Crippen LogP contribution >= 0.6 is 11.6 Å². The molecule has 0 aliphatic rings. The number of nitro benzene ring substituents is 1. The number of non-ortho nitro benzene ring substituents is 1. The van der Waals surface area contributed by atoms with Crippen molar-refractivity contribution in [3.63, 3.8) is 0 Å². The summed E-state index contributed by atoms with van der Waals surface area (Å²) in [6, 6.07) is 5.00. The van der Waals surface area contributed by atoms with Crippen molar-refractivity contribution in [3.8, 4) is 5.88 Å². The third kappa shape index (κ3) is 2.81. The van der Waals surface area contributed by atoms with E-state index < -0.39 is 10.9 Å². The first-order valence-electron chi connectivity index (χ1n) is 6.29. The number of fused-ring (bicyclic) bond motifs is 1. The number of aryl methyl sites for hydroxylation is 1. The molecule has 3 aromatic rings. The van der Waals surface area contributed by atoms with Gasteiger partial charge in [-0.05, 0) is 13.0 Å². The first-order chi connectivity index (χ1) is 11.0. The number of nitrogens with zero attached hydrogens (tertiary/aromatic N) is 5. The molecule has 0 N–H and O–H groups in total. The monoisotopic (exact) mass is 333 g/mol. The van der Waals surface area contributed by atoms with Crippen LogP contribution in [-0.2, 0) is 0 Å². The Hall–Kier alpha value is -3.07. The van der Waals surface area contributed by atoms with E-state index in [1.807, 2.05) is 0 Å². The van der Waals surface area contributed by atoms with E-state index >= 15 is 0 Å². The van der Waals surface area contributed by atoms with Crippen LogP contribution in [0.1, 0.15) is 16.1 Å². The Bertz CT molecular complexity index is 939. The molecule has 0 saturated heterocycles. The van der Waals surface area contributed by atoms with Gasteiger partial charge in [-0.2, -0.15) is 14.6 Å². The Morgan fingerprint density at radius 3 is 2.87 bits per heavy atom. The van der Waals surface area contributed by atoms with Gasteiger partial charge in [-0.1, -0.05) is 11.6 Å². The minimum absolute atomic E-state index is 0.00000252. The first kappa shape index (κ1) is 14.9. The fraction of sp³-hybridized carbons (Fsp3) is 0.0769. The van der Waals surface area contributed by atoms with Crippen LogP contribution < -0.4 is 4.74 Å². The Kier molecular flexibility index (Phi) is 3.62. The zero-order valence-corrected chi connectivity index (χ0v) is 12.4. The highest BCUT2D eigenvalue weighted by Gasteiger charge is 2.18. The molecule has 0 atom stereocenters. The van der Waals surface area contributed by atoms with Gasteiger partial charge in [-0.3, -0.25) is 10.1 Å². The molecule has 1 aromatic carbocycles. The first-order valence-corrected chi connectivity index (χ1v) is 6.67. The second kappa shape index (κ2) is 5.61. The van der Waals surface area contributed by atoms with Gasteiger partial charge in [0.05, 0.1) is 15.5 Å². The van der Waals surface area contributed by atoms with Gasteiger partial charge in [0.15, 0.2) is 0 Å². The van der Waals surface area contributed by atoms with Crippen LogP contribution in [0.4, 0.5) is 5.69 Å². The van der Waals surface area contributed by atoms with Gasteiger partial charge >= 0.3 is 5.97 Å². The van der Waals surface area contributed by atoms with Crippen molar-refractivity contribution in [2.45, 2.75) is 6.92 Å². The molecule has 0 amide bonds. The number of aromatic nitrogens is 4. The van der Waals surface area contributed by atoms with Crippen LogP contribution in [0.15, 0.2) is 30.6 Å². The molecule has 10 heteroatoms. The van der Waals surface area contributed by atoms with E-state index in [4.69, 9.17) is 16.3 Å².